The van der Waals surface area contributed by atoms with E-state index in [1.807, 2.05) is 36.1 Å². The molecule has 3 heterocycles. The van der Waals surface area contributed by atoms with Gasteiger partial charge in [0.25, 0.3) is 11.8 Å². The number of fused-ring (bicyclic) bond motifs is 1. The monoisotopic (exact) mass is 362 g/mol. The summed E-state index contributed by atoms with van der Waals surface area (Å²) in [5.41, 5.74) is 3.19. The lowest BCUT2D eigenvalue weighted by atomic mass is 10.0. The van der Waals surface area contributed by atoms with Gasteiger partial charge in [0, 0.05) is 42.5 Å². The van der Waals surface area contributed by atoms with Gasteiger partial charge in [-0.3, -0.25) is 14.6 Å². The molecule has 2 N–H and O–H groups in total. The summed E-state index contributed by atoms with van der Waals surface area (Å²) in [6.45, 7) is 3.26. The molecule has 6 heteroatoms. The van der Waals surface area contributed by atoms with Crippen molar-refractivity contribution in [3.8, 4) is 0 Å². The molecule has 6 nitrogen and oxygen atoms in total. The van der Waals surface area contributed by atoms with Crippen molar-refractivity contribution in [3.05, 3.63) is 65.6 Å². The number of rotatable bonds is 3. The van der Waals surface area contributed by atoms with E-state index >= 15 is 0 Å². The summed E-state index contributed by atoms with van der Waals surface area (Å²) in [5, 5.41) is 3.93. The van der Waals surface area contributed by atoms with Crippen LogP contribution in [-0.2, 0) is 0 Å². The zero-order valence-electron chi connectivity index (χ0n) is 15.2. The minimum Gasteiger partial charge on any atom is -0.357 e. The number of likely N-dealkylation sites (tertiary alicyclic amines) is 1. The minimum atomic E-state index is -0.0969. The Morgan fingerprint density at radius 1 is 1.15 bits per heavy atom. The summed E-state index contributed by atoms with van der Waals surface area (Å²) in [7, 11) is 0. The lowest BCUT2D eigenvalue weighted by Crippen LogP contribution is -2.46. The van der Waals surface area contributed by atoms with Gasteiger partial charge in [-0.05, 0) is 49.6 Å². The number of hydrogen-bond acceptors (Lipinski definition) is 3. The van der Waals surface area contributed by atoms with E-state index in [2.05, 4.69) is 15.3 Å². The highest BCUT2D eigenvalue weighted by molar-refractivity contribution is 6.06. The molecule has 27 heavy (non-hydrogen) atoms. The second-order valence-corrected chi connectivity index (χ2v) is 6.95. The Morgan fingerprint density at radius 3 is 2.70 bits per heavy atom. The van der Waals surface area contributed by atoms with E-state index in [-0.39, 0.29) is 17.9 Å². The fourth-order valence-electron chi connectivity index (χ4n) is 3.63. The van der Waals surface area contributed by atoms with Crippen molar-refractivity contribution in [2.45, 2.75) is 25.8 Å². The number of nitrogens with zero attached hydrogens (tertiary/aromatic N) is 2. The third-order valence-electron chi connectivity index (χ3n) is 5.16. The average molecular weight is 362 g/mol. The largest absolute Gasteiger partial charge is 0.357 e. The van der Waals surface area contributed by atoms with Gasteiger partial charge in [0.2, 0.25) is 0 Å². The Bertz CT molecular complexity index is 973. The number of nitrogens with one attached hydrogen (secondary N) is 2. The zero-order chi connectivity index (χ0) is 18.8. The van der Waals surface area contributed by atoms with Gasteiger partial charge in [-0.2, -0.15) is 0 Å². The fraction of sp³-hybridized carbons (Fsp3) is 0.286. The second-order valence-electron chi connectivity index (χ2n) is 6.95. The molecule has 1 aromatic carbocycles. The topological polar surface area (TPSA) is 78.1 Å². The minimum absolute atomic E-state index is 0.0298. The molecule has 0 saturated carbocycles. The quantitative estimate of drug-likeness (QED) is 0.752. The van der Waals surface area contributed by atoms with Gasteiger partial charge in [0.05, 0.1) is 5.52 Å². The van der Waals surface area contributed by atoms with Crippen LogP contribution in [0, 0.1) is 6.92 Å². The first-order valence-electron chi connectivity index (χ1n) is 9.21. The molecule has 0 bridgehead atoms. The van der Waals surface area contributed by atoms with Crippen molar-refractivity contribution in [1.82, 2.24) is 20.2 Å². The Labute approximate surface area is 157 Å². The molecule has 0 atom stereocenters. The maximum absolute atomic E-state index is 13.0. The highest BCUT2D eigenvalue weighted by atomic mass is 16.2. The highest BCUT2D eigenvalue weighted by Crippen LogP contribution is 2.23. The summed E-state index contributed by atoms with van der Waals surface area (Å²) in [6, 6.07) is 11.3. The van der Waals surface area contributed by atoms with Gasteiger partial charge in [0.1, 0.15) is 5.69 Å². The molecule has 3 aromatic rings. The number of H-pyrrole nitrogens is 1. The van der Waals surface area contributed by atoms with Crippen LogP contribution in [0.5, 0.6) is 0 Å². The molecule has 2 amide bonds. The van der Waals surface area contributed by atoms with Crippen LogP contribution >= 0.6 is 0 Å². The van der Waals surface area contributed by atoms with Crippen LogP contribution in [-0.4, -0.2) is 45.8 Å². The Balaban J connectivity index is 1.43. The third-order valence-corrected chi connectivity index (χ3v) is 5.16. The van der Waals surface area contributed by atoms with Crippen LogP contribution in [0.25, 0.3) is 10.9 Å². The van der Waals surface area contributed by atoms with Crippen LogP contribution in [0.1, 0.15) is 39.3 Å². The van der Waals surface area contributed by atoms with E-state index < -0.39 is 0 Å². The first-order chi connectivity index (χ1) is 13.1. The van der Waals surface area contributed by atoms with Gasteiger partial charge in [-0.1, -0.05) is 12.1 Å². The molecule has 1 saturated heterocycles. The number of piperidine rings is 1. The van der Waals surface area contributed by atoms with Gasteiger partial charge < -0.3 is 15.2 Å². The zero-order valence-corrected chi connectivity index (χ0v) is 15.2. The Morgan fingerprint density at radius 2 is 1.96 bits per heavy atom. The van der Waals surface area contributed by atoms with E-state index in [1.54, 1.807) is 24.5 Å². The molecule has 0 radical (unpaired) electrons. The standard InChI is InChI=1S/C21H22N4O2/c1-14-6-7-17(16-4-2-11-23-19(14)16)21(27)25-12-8-15(9-13-25)24-20(26)18-5-3-10-22-18/h2-7,10-11,15,22H,8-9,12-13H2,1H3,(H,24,26). The molecule has 0 spiro atoms. The predicted octanol–water partition coefficient (Wildman–Crippen LogP) is 2.91. The Hall–Kier alpha value is -3.15. The molecule has 1 aliphatic rings. The molecule has 4 rings (SSSR count). The van der Waals surface area contributed by atoms with E-state index in [0.29, 0.717) is 24.3 Å². The van der Waals surface area contributed by atoms with Crippen molar-refractivity contribution in [2.24, 2.45) is 0 Å². The number of pyridine rings is 1. The fourth-order valence-corrected chi connectivity index (χ4v) is 3.63. The summed E-state index contributed by atoms with van der Waals surface area (Å²) >= 11 is 0. The number of hydrogen-bond donors (Lipinski definition) is 2. The Kier molecular flexibility index (Phi) is 4.62. The lowest BCUT2D eigenvalue weighted by Gasteiger charge is -2.32. The number of aromatic nitrogens is 2. The molecule has 2 aromatic heterocycles. The predicted molar refractivity (Wildman–Crippen MR) is 104 cm³/mol. The molecule has 1 aliphatic heterocycles. The smallest absolute Gasteiger partial charge is 0.267 e. The van der Waals surface area contributed by atoms with Crippen molar-refractivity contribution < 1.29 is 9.59 Å². The third kappa shape index (κ3) is 3.43. The van der Waals surface area contributed by atoms with Gasteiger partial charge >= 0.3 is 0 Å². The molecule has 0 unspecified atom stereocenters. The molecular weight excluding hydrogens is 340 g/mol. The summed E-state index contributed by atoms with van der Waals surface area (Å²) in [6.07, 6.45) is 4.99. The SMILES string of the molecule is Cc1ccc(C(=O)N2CCC(NC(=O)c3ccc[nH]3)CC2)c2cccnc12. The molecule has 138 valence electrons. The number of aryl methyl sites for hydroxylation is 1. The maximum Gasteiger partial charge on any atom is 0.267 e. The van der Waals surface area contributed by atoms with Gasteiger partial charge in [-0.15, -0.1) is 0 Å². The van der Waals surface area contributed by atoms with E-state index in [4.69, 9.17) is 0 Å². The number of carbonyl (C=O) groups is 2. The molecule has 0 aliphatic carbocycles. The summed E-state index contributed by atoms with van der Waals surface area (Å²) < 4.78 is 0. The van der Waals surface area contributed by atoms with Crippen LogP contribution in [0.2, 0.25) is 0 Å². The average Bonchev–Trinajstić information content (AvgIpc) is 3.24. The number of amides is 2. The summed E-state index contributed by atoms with van der Waals surface area (Å²) in [5.74, 6) is -0.0671. The first-order valence-corrected chi connectivity index (χ1v) is 9.21. The number of aromatic amines is 1. The van der Waals surface area contributed by atoms with E-state index in [0.717, 1.165) is 29.3 Å². The van der Waals surface area contributed by atoms with Gasteiger partial charge in [0.15, 0.2) is 0 Å². The van der Waals surface area contributed by atoms with Crippen molar-refractivity contribution in [2.75, 3.05) is 13.1 Å². The second kappa shape index (κ2) is 7.23. The lowest BCUT2D eigenvalue weighted by molar-refractivity contribution is 0.0699. The van der Waals surface area contributed by atoms with Crippen LogP contribution in [0.15, 0.2) is 48.8 Å². The molecule has 1 fully saturated rings. The van der Waals surface area contributed by atoms with E-state index in [9.17, 15) is 9.59 Å². The normalized spacial score (nSPS) is 15.1. The maximum atomic E-state index is 13.0. The highest BCUT2D eigenvalue weighted by Gasteiger charge is 2.26. The van der Waals surface area contributed by atoms with Crippen molar-refractivity contribution in [1.29, 1.82) is 0 Å². The van der Waals surface area contributed by atoms with Crippen molar-refractivity contribution in [3.63, 3.8) is 0 Å². The molecular formula is C21H22N4O2. The van der Waals surface area contributed by atoms with Crippen LogP contribution in [0.3, 0.4) is 0 Å². The number of benzene rings is 1. The van der Waals surface area contributed by atoms with Crippen LogP contribution < -0.4 is 5.32 Å². The number of carbonyl (C=O) groups excluding carboxylic acids is 2. The van der Waals surface area contributed by atoms with Crippen LogP contribution in [0.4, 0.5) is 0 Å². The van der Waals surface area contributed by atoms with E-state index in [1.165, 1.54) is 0 Å². The summed E-state index contributed by atoms with van der Waals surface area (Å²) in [4.78, 5) is 34.4. The first kappa shape index (κ1) is 17.3. The van der Waals surface area contributed by atoms with Gasteiger partial charge in [-0.25, -0.2) is 0 Å². The van der Waals surface area contributed by atoms with Crippen molar-refractivity contribution >= 4 is 22.7 Å².